The molecule has 0 fully saturated rings. The molecule has 0 spiro atoms. The quantitative estimate of drug-likeness (QED) is 0.465. The summed E-state index contributed by atoms with van der Waals surface area (Å²) in [5, 5.41) is 9.57. The topological polar surface area (TPSA) is 102 Å². The van der Waals surface area contributed by atoms with Gasteiger partial charge in [0, 0.05) is 29.6 Å². The van der Waals surface area contributed by atoms with E-state index < -0.39 is 0 Å². The zero-order valence-corrected chi connectivity index (χ0v) is 19.4. The number of fused-ring (bicyclic) bond motifs is 1. The molecule has 1 aromatic carbocycles. The fourth-order valence-electron chi connectivity index (χ4n) is 3.43. The van der Waals surface area contributed by atoms with Gasteiger partial charge in [0.15, 0.2) is 5.82 Å². The second-order valence-corrected chi connectivity index (χ2v) is 9.24. The Morgan fingerprint density at radius 2 is 1.82 bits per heavy atom. The molecule has 0 bridgehead atoms. The Labute approximate surface area is 192 Å². The van der Waals surface area contributed by atoms with Gasteiger partial charge in [-0.1, -0.05) is 38.1 Å². The monoisotopic (exact) mass is 445 g/mol. The van der Waals surface area contributed by atoms with E-state index in [0.29, 0.717) is 28.6 Å². The van der Waals surface area contributed by atoms with E-state index in [0.717, 1.165) is 16.7 Å². The van der Waals surface area contributed by atoms with Crippen LogP contribution in [-0.2, 0) is 16.6 Å². The molecule has 2 amide bonds. The molecule has 33 heavy (non-hydrogen) atoms. The van der Waals surface area contributed by atoms with Crippen LogP contribution in [0.15, 0.2) is 53.3 Å². The lowest BCUT2D eigenvalue weighted by Crippen LogP contribution is -2.16. The summed E-state index contributed by atoms with van der Waals surface area (Å²) in [6.45, 7) is 9.93. The van der Waals surface area contributed by atoms with E-state index in [1.807, 2.05) is 69.5 Å². The van der Waals surface area contributed by atoms with Gasteiger partial charge in [-0.05, 0) is 48.7 Å². The number of benzene rings is 1. The molecule has 0 unspecified atom stereocenters. The lowest BCUT2D eigenvalue weighted by Gasteiger charge is -2.12. The Hall–Kier alpha value is -3.94. The third-order valence-electron chi connectivity index (χ3n) is 5.30. The molecular formula is C25H27N5O3. The van der Waals surface area contributed by atoms with Crippen LogP contribution in [0.2, 0.25) is 0 Å². The zero-order valence-electron chi connectivity index (χ0n) is 19.4. The molecule has 8 nitrogen and oxygen atoms in total. The number of amides is 2. The number of aryl methyl sites for hydroxylation is 2. The van der Waals surface area contributed by atoms with Crippen LogP contribution in [0.1, 0.15) is 53.7 Å². The number of rotatable bonds is 5. The van der Waals surface area contributed by atoms with Gasteiger partial charge in [-0.3, -0.25) is 9.59 Å². The van der Waals surface area contributed by atoms with Crippen LogP contribution in [0.4, 0.5) is 11.5 Å². The summed E-state index contributed by atoms with van der Waals surface area (Å²) in [4.78, 5) is 29.5. The normalized spacial score (nSPS) is 11.5. The van der Waals surface area contributed by atoms with Crippen LogP contribution in [0.25, 0.3) is 5.65 Å². The van der Waals surface area contributed by atoms with Crippen LogP contribution in [0.5, 0.6) is 0 Å². The van der Waals surface area contributed by atoms with E-state index in [1.165, 1.54) is 0 Å². The average Bonchev–Trinajstić information content (AvgIpc) is 3.36. The fraction of sp³-hybridized carbons (Fsp3) is 0.280. The highest BCUT2D eigenvalue weighted by molar-refractivity contribution is 6.03. The van der Waals surface area contributed by atoms with Gasteiger partial charge in [-0.25, -0.2) is 4.98 Å². The van der Waals surface area contributed by atoms with Crippen molar-refractivity contribution >= 4 is 29.0 Å². The second-order valence-electron chi connectivity index (χ2n) is 9.24. The minimum atomic E-state index is -0.290. The minimum absolute atomic E-state index is 0.184. The Morgan fingerprint density at radius 1 is 1.03 bits per heavy atom. The summed E-state index contributed by atoms with van der Waals surface area (Å²) < 4.78 is 7.14. The van der Waals surface area contributed by atoms with E-state index >= 15 is 0 Å². The number of aromatic nitrogens is 3. The van der Waals surface area contributed by atoms with E-state index in [1.54, 1.807) is 18.3 Å². The van der Waals surface area contributed by atoms with Crippen molar-refractivity contribution in [2.24, 2.45) is 0 Å². The smallest absolute Gasteiger partial charge is 0.275 e. The summed E-state index contributed by atoms with van der Waals surface area (Å²) in [6, 6.07) is 11.0. The van der Waals surface area contributed by atoms with Gasteiger partial charge in [0.1, 0.15) is 17.1 Å². The van der Waals surface area contributed by atoms with Gasteiger partial charge >= 0.3 is 0 Å². The summed E-state index contributed by atoms with van der Waals surface area (Å²) in [5.74, 6) is 0.620. The predicted octanol–water partition coefficient (Wildman–Crippen LogP) is 4.67. The van der Waals surface area contributed by atoms with E-state index in [4.69, 9.17) is 4.52 Å². The molecule has 4 rings (SSSR count). The molecule has 4 aromatic rings. The van der Waals surface area contributed by atoms with E-state index in [9.17, 15) is 9.59 Å². The Balaban J connectivity index is 1.40. The zero-order chi connectivity index (χ0) is 23.8. The van der Waals surface area contributed by atoms with Crippen LogP contribution in [-0.4, -0.2) is 26.4 Å². The van der Waals surface area contributed by atoms with Crippen molar-refractivity contribution in [1.82, 2.24) is 14.5 Å². The molecule has 2 N–H and O–H groups in total. The Bertz CT molecular complexity index is 1340. The molecule has 0 saturated carbocycles. The van der Waals surface area contributed by atoms with Gasteiger partial charge < -0.3 is 19.6 Å². The highest BCUT2D eigenvalue weighted by Gasteiger charge is 2.20. The molecule has 0 saturated heterocycles. The molecule has 0 radical (unpaired) electrons. The van der Waals surface area contributed by atoms with Crippen molar-refractivity contribution in [3.63, 3.8) is 0 Å². The molecule has 170 valence electrons. The molecule has 8 heteroatoms. The van der Waals surface area contributed by atoms with Gasteiger partial charge in [0.05, 0.1) is 6.42 Å². The largest absolute Gasteiger partial charge is 0.359 e. The first-order chi connectivity index (χ1) is 15.6. The fourth-order valence-corrected chi connectivity index (χ4v) is 3.43. The third kappa shape index (κ3) is 5.11. The van der Waals surface area contributed by atoms with Crippen molar-refractivity contribution in [3.05, 3.63) is 76.9 Å². The number of pyridine rings is 1. The summed E-state index contributed by atoms with van der Waals surface area (Å²) in [5.41, 5.74) is 4.34. The number of carbonyl (C=O) groups is 2. The summed E-state index contributed by atoms with van der Waals surface area (Å²) in [7, 11) is 0. The van der Waals surface area contributed by atoms with Crippen LogP contribution < -0.4 is 10.6 Å². The van der Waals surface area contributed by atoms with Crippen molar-refractivity contribution in [3.8, 4) is 0 Å². The number of imidazole rings is 1. The first kappa shape index (κ1) is 22.3. The second kappa shape index (κ2) is 8.54. The number of carbonyl (C=O) groups excluding carboxylic acids is 2. The van der Waals surface area contributed by atoms with E-state index in [-0.39, 0.29) is 23.7 Å². The van der Waals surface area contributed by atoms with E-state index in [2.05, 4.69) is 20.8 Å². The third-order valence-corrected chi connectivity index (χ3v) is 5.30. The SMILES string of the molecule is Cc1ccc2nc(C(=O)Nc3ccc(CC(=O)Nc4cc(C(C)(C)C)on4)c(C)c3)cn2c1. The molecule has 3 aromatic heterocycles. The average molecular weight is 446 g/mol. The van der Waals surface area contributed by atoms with Gasteiger partial charge in [0.2, 0.25) is 5.91 Å². The highest BCUT2D eigenvalue weighted by atomic mass is 16.5. The Morgan fingerprint density at radius 3 is 2.52 bits per heavy atom. The first-order valence-electron chi connectivity index (χ1n) is 10.7. The van der Waals surface area contributed by atoms with Crippen LogP contribution in [0, 0.1) is 13.8 Å². The van der Waals surface area contributed by atoms with Crippen molar-refractivity contribution in [2.75, 3.05) is 10.6 Å². The van der Waals surface area contributed by atoms with Gasteiger partial charge in [-0.15, -0.1) is 0 Å². The van der Waals surface area contributed by atoms with Crippen LogP contribution in [0.3, 0.4) is 0 Å². The summed E-state index contributed by atoms with van der Waals surface area (Å²) >= 11 is 0. The number of nitrogens with one attached hydrogen (secondary N) is 2. The standard InChI is InChI=1S/C25H27N5O3/c1-15-6-9-22-27-19(14-30(22)13-15)24(32)26-18-8-7-17(16(2)10-18)11-23(31)28-21-12-20(33-29-21)25(3,4)5/h6-10,12-14H,11H2,1-5H3,(H,26,32)(H,28,29,31). The summed E-state index contributed by atoms with van der Waals surface area (Å²) in [6.07, 6.45) is 3.81. The molecule has 0 atom stereocenters. The highest BCUT2D eigenvalue weighted by Crippen LogP contribution is 2.24. The number of hydrogen-bond donors (Lipinski definition) is 2. The maximum atomic E-state index is 12.7. The Kier molecular flexibility index (Phi) is 5.76. The van der Waals surface area contributed by atoms with Gasteiger partial charge in [0.25, 0.3) is 5.91 Å². The predicted molar refractivity (Wildman–Crippen MR) is 127 cm³/mol. The minimum Gasteiger partial charge on any atom is -0.359 e. The maximum absolute atomic E-state index is 12.7. The molecular weight excluding hydrogens is 418 g/mol. The lowest BCUT2D eigenvalue weighted by molar-refractivity contribution is -0.115. The van der Waals surface area contributed by atoms with Crippen molar-refractivity contribution in [2.45, 2.75) is 46.5 Å². The number of nitrogens with zero attached hydrogens (tertiary/aromatic N) is 3. The lowest BCUT2D eigenvalue weighted by atomic mass is 9.93. The van der Waals surface area contributed by atoms with Crippen molar-refractivity contribution in [1.29, 1.82) is 0 Å². The maximum Gasteiger partial charge on any atom is 0.275 e. The first-order valence-corrected chi connectivity index (χ1v) is 10.7. The number of anilines is 2. The van der Waals surface area contributed by atoms with Gasteiger partial charge in [-0.2, -0.15) is 0 Å². The molecule has 3 heterocycles. The number of hydrogen-bond acceptors (Lipinski definition) is 5. The van der Waals surface area contributed by atoms with Crippen molar-refractivity contribution < 1.29 is 14.1 Å². The molecule has 0 aliphatic rings. The molecule has 0 aliphatic heterocycles. The van der Waals surface area contributed by atoms with Crippen LogP contribution >= 0.6 is 0 Å². The molecule has 0 aliphatic carbocycles.